The van der Waals surface area contributed by atoms with Gasteiger partial charge in [-0.1, -0.05) is 6.07 Å². The number of ether oxygens (including phenoxy) is 2. The smallest absolute Gasteiger partial charge is 0.161 e. The first kappa shape index (κ1) is 14.3. The Balaban J connectivity index is 2.12. The molecule has 2 aromatic rings. The Kier molecular flexibility index (Phi) is 4.96. The minimum absolute atomic E-state index is 0.469. The Morgan fingerprint density at radius 3 is 2.65 bits per heavy atom. The lowest BCUT2D eigenvalue weighted by molar-refractivity contribution is 0.284. The van der Waals surface area contributed by atoms with Crippen molar-refractivity contribution in [3.8, 4) is 11.5 Å². The van der Waals surface area contributed by atoms with E-state index in [1.807, 2.05) is 37.5 Å². The van der Waals surface area contributed by atoms with Gasteiger partial charge in [-0.05, 0) is 49.2 Å². The second-order valence-electron chi connectivity index (χ2n) is 4.68. The Morgan fingerprint density at radius 1 is 1.10 bits per heavy atom. The molecule has 20 heavy (non-hydrogen) atoms. The predicted octanol–water partition coefficient (Wildman–Crippen LogP) is 2.48. The fraction of sp³-hybridized carbons (Fsp3) is 0.312. The number of pyridine rings is 1. The van der Waals surface area contributed by atoms with Crippen LogP contribution in [0.25, 0.3) is 0 Å². The normalized spacial score (nSPS) is 10.3. The first-order valence-electron chi connectivity index (χ1n) is 6.63. The molecule has 0 saturated heterocycles. The van der Waals surface area contributed by atoms with E-state index in [9.17, 15) is 0 Å². The van der Waals surface area contributed by atoms with Crippen molar-refractivity contribution >= 4 is 0 Å². The number of benzene rings is 1. The van der Waals surface area contributed by atoms with Crippen LogP contribution in [-0.4, -0.2) is 18.6 Å². The van der Waals surface area contributed by atoms with E-state index in [1.54, 1.807) is 7.11 Å². The van der Waals surface area contributed by atoms with E-state index in [-0.39, 0.29) is 0 Å². The van der Waals surface area contributed by atoms with Crippen LogP contribution in [0.1, 0.15) is 16.7 Å². The van der Waals surface area contributed by atoms with Crippen molar-refractivity contribution in [3.63, 3.8) is 0 Å². The second kappa shape index (κ2) is 6.91. The molecule has 106 valence electrons. The summed E-state index contributed by atoms with van der Waals surface area (Å²) >= 11 is 0. The molecule has 1 heterocycles. The lowest BCUT2D eigenvalue weighted by Crippen LogP contribution is -2.04. The zero-order chi connectivity index (χ0) is 14.4. The summed E-state index contributed by atoms with van der Waals surface area (Å²) in [5.41, 5.74) is 8.89. The Bertz CT molecular complexity index is 570. The average molecular weight is 272 g/mol. The van der Waals surface area contributed by atoms with E-state index < -0.39 is 0 Å². The lowest BCUT2D eigenvalue weighted by atomic mass is 10.1. The molecule has 0 amide bonds. The first-order chi connectivity index (χ1) is 9.72. The molecule has 2 N–H and O–H groups in total. The van der Waals surface area contributed by atoms with Crippen molar-refractivity contribution < 1.29 is 9.47 Å². The van der Waals surface area contributed by atoms with Crippen LogP contribution in [0.15, 0.2) is 36.7 Å². The molecule has 0 aliphatic heterocycles. The van der Waals surface area contributed by atoms with Gasteiger partial charge in [0, 0.05) is 18.0 Å². The van der Waals surface area contributed by atoms with Gasteiger partial charge in [0.2, 0.25) is 0 Å². The Morgan fingerprint density at radius 2 is 1.95 bits per heavy atom. The topological polar surface area (TPSA) is 57.4 Å². The number of nitrogens with zero attached hydrogens (tertiary/aromatic N) is 1. The highest BCUT2D eigenvalue weighted by Gasteiger charge is 2.06. The highest BCUT2D eigenvalue weighted by Crippen LogP contribution is 2.29. The van der Waals surface area contributed by atoms with E-state index >= 15 is 0 Å². The predicted molar refractivity (Wildman–Crippen MR) is 79.1 cm³/mol. The van der Waals surface area contributed by atoms with Gasteiger partial charge in [-0.2, -0.15) is 0 Å². The molecule has 0 radical (unpaired) electrons. The molecule has 0 aliphatic rings. The number of aryl methyl sites for hydroxylation is 1. The molecule has 0 atom stereocenters. The van der Waals surface area contributed by atoms with Crippen molar-refractivity contribution in [1.29, 1.82) is 0 Å². The molecule has 4 heteroatoms. The lowest BCUT2D eigenvalue weighted by Gasteiger charge is -2.12. The van der Waals surface area contributed by atoms with Crippen molar-refractivity contribution in [2.24, 2.45) is 5.73 Å². The molecule has 0 spiro atoms. The number of hydrogen-bond acceptors (Lipinski definition) is 4. The minimum atomic E-state index is 0.469. The molecule has 1 aromatic carbocycles. The molecule has 4 nitrogen and oxygen atoms in total. The summed E-state index contributed by atoms with van der Waals surface area (Å²) in [7, 11) is 1.64. The summed E-state index contributed by atoms with van der Waals surface area (Å²) < 4.78 is 11.2. The molecule has 2 rings (SSSR count). The molecule has 0 saturated carbocycles. The van der Waals surface area contributed by atoms with E-state index in [0.29, 0.717) is 13.2 Å². The Hall–Kier alpha value is -2.07. The standard InChI is InChI=1S/C16H20N2O2/c1-12-7-14(10-18-9-12)11-20-16-8-13(5-6-17)3-4-15(16)19-2/h3-4,7-10H,5-6,11,17H2,1-2H3. The van der Waals surface area contributed by atoms with Gasteiger partial charge in [-0.15, -0.1) is 0 Å². The van der Waals surface area contributed by atoms with Gasteiger partial charge < -0.3 is 15.2 Å². The average Bonchev–Trinajstić information content (AvgIpc) is 2.46. The monoisotopic (exact) mass is 272 g/mol. The zero-order valence-corrected chi connectivity index (χ0v) is 11.9. The third kappa shape index (κ3) is 3.71. The summed E-state index contributed by atoms with van der Waals surface area (Å²) in [6.45, 7) is 3.10. The van der Waals surface area contributed by atoms with Crippen molar-refractivity contribution in [2.75, 3.05) is 13.7 Å². The zero-order valence-electron chi connectivity index (χ0n) is 11.9. The van der Waals surface area contributed by atoms with Gasteiger partial charge in [-0.25, -0.2) is 0 Å². The summed E-state index contributed by atoms with van der Waals surface area (Å²) in [5, 5.41) is 0. The largest absolute Gasteiger partial charge is 0.493 e. The Labute approximate surface area is 119 Å². The number of aromatic nitrogens is 1. The fourth-order valence-electron chi connectivity index (χ4n) is 2.01. The van der Waals surface area contributed by atoms with E-state index in [0.717, 1.165) is 34.6 Å². The molecule has 1 aromatic heterocycles. The second-order valence-corrected chi connectivity index (χ2v) is 4.68. The fourth-order valence-corrected chi connectivity index (χ4v) is 2.01. The first-order valence-corrected chi connectivity index (χ1v) is 6.63. The van der Waals surface area contributed by atoms with Crippen molar-refractivity contribution in [1.82, 2.24) is 4.98 Å². The summed E-state index contributed by atoms with van der Waals surface area (Å²) in [6, 6.07) is 7.96. The van der Waals surface area contributed by atoms with Gasteiger partial charge in [-0.3, -0.25) is 4.98 Å². The number of nitrogens with two attached hydrogens (primary N) is 1. The van der Waals surface area contributed by atoms with Gasteiger partial charge >= 0.3 is 0 Å². The van der Waals surface area contributed by atoms with Crippen LogP contribution in [0.5, 0.6) is 11.5 Å². The number of methoxy groups -OCH3 is 1. The third-order valence-corrected chi connectivity index (χ3v) is 2.99. The quantitative estimate of drug-likeness (QED) is 0.877. The maximum atomic E-state index is 5.85. The van der Waals surface area contributed by atoms with Crippen LogP contribution in [-0.2, 0) is 13.0 Å². The number of rotatable bonds is 6. The summed E-state index contributed by atoms with van der Waals surface area (Å²) in [6.07, 6.45) is 4.46. The van der Waals surface area contributed by atoms with Gasteiger partial charge in [0.05, 0.1) is 7.11 Å². The van der Waals surface area contributed by atoms with Crippen LogP contribution in [0, 0.1) is 6.92 Å². The number of hydrogen-bond donors (Lipinski definition) is 1. The van der Waals surface area contributed by atoms with Crippen LogP contribution in [0.4, 0.5) is 0 Å². The van der Waals surface area contributed by atoms with Gasteiger partial charge in [0.25, 0.3) is 0 Å². The van der Waals surface area contributed by atoms with Crippen molar-refractivity contribution in [2.45, 2.75) is 20.0 Å². The van der Waals surface area contributed by atoms with Gasteiger partial charge in [0.1, 0.15) is 6.61 Å². The highest BCUT2D eigenvalue weighted by atomic mass is 16.5. The highest BCUT2D eigenvalue weighted by molar-refractivity contribution is 5.43. The van der Waals surface area contributed by atoms with Crippen LogP contribution >= 0.6 is 0 Å². The maximum Gasteiger partial charge on any atom is 0.161 e. The molecule has 0 aliphatic carbocycles. The van der Waals surface area contributed by atoms with Gasteiger partial charge in [0.15, 0.2) is 11.5 Å². The van der Waals surface area contributed by atoms with E-state index in [1.165, 1.54) is 0 Å². The third-order valence-electron chi connectivity index (χ3n) is 2.99. The van der Waals surface area contributed by atoms with E-state index in [4.69, 9.17) is 15.2 Å². The van der Waals surface area contributed by atoms with E-state index in [2.05, 4.69) is 11.1 Å². The minimum Gasteiger partial charge on any atom is -0.493 e. The summed E-state index contributed by atoms with van der Waals surface area (Å²) in [5.74, 6) is 1.46. The van der Waals surface area contributed by atoms with Crippen LogP contribution in [0.3, 0.4) is 0 Å². The van der Waals surface area contributed by atoms with Crippen molar-refractivity contribution in [3.05, 3.63) is 53.3 Å². The molecular weight excluding hydrogens is 252 g/mol. The molecule has 0 fully saturated rings. The van der Waals surface area contributed by atoms with Crippen LogP contribution in [0.2, 0.25) is 0 Å². The molecule has 0 unspecified atom stereocenters. The SMILES string of the molecule is COc1ccc(CCN)cc1OCc1cncc(C)c1. The molecule has 0 bridgehead atoms. The van der Waals surface area contributed by atoms with Crippen LogP contribution < -0.4 is 15.2 Å². The molecular formula is C16H20N2O2. The summed E-state index contributed by atoms with van der Waals surface area (Å²) in [4.78, 5) is 4.16. The maximum absolute atomic E-state index is 5.85.